The molecule has 0 radical (unpaired) electrons. The quantitative estimate of drug-likeness (QED) is 0.792. The average Bonchev–Trinajstić information content (AvgIpc) is 2.57. The Balaban J connectivity index is 1.66. The Hall–Kier alpha value is -2.21. The number of rotatable bonds is 2. The molecule has 2 heterocycles. The van der Waals surface area contributed by atoms with Gasteiger partial charge in [-0.3, -0.25) is 4.79 Å². The highest BCUT2D eigenvalue weighted by molar-refractivity contribution is 6.29. The monoisotopic (exact) mass is 334 g/mol. The molecule has 0 bridgehead atoms. The molecule has 0 atom stereocenters. The fraction of sp³-hybridized carbons (Fsp3) is 0.312. The van der Waals surface area contributed by atoms with Gasteiger partial charge in [-0.1, -0.05) is 17.7 Å². The van der Waals surface area contributed by atoms with Crippen LogP contribution in [0.3, 0.4) is 0 Å². The molecule has 1 amide bonds. The number of carbonyl (C=O) groups is 1. The van der Waals surface area contributed by atoms with Crippen LogP contribution in [-0.4, -0.2) is 47.0 Å². The smallest absolute Gasteiger partial charge is 0.254 e. The molecule has 0 aliphatic carbocycles. The topological polar surface area (TPSA) is 49.3 Å². The van der Waals surface area contributed by atoms with Crippen molar-refractivity contribution >= 4 is 23.3 Å². The van der Waals surface area contributed by atoms with Gasteiger partial charge in [-0.15, -0.1) is 0 Å². The molecule has 2 aromatic rings. The maximum atomic E-state index is 13.6. The van der Waals surface area contributed by atoms with E-state index in [4.69, 9.17) is 11.6 Å². The van der Waals surface area contributed by atoms with Gasteiger partial charge in [0.1, 0.15) is 23.1 Å². The third-order valence-electron chi connectivity index (χ3n) is 3.93. The molecule has 1 aliphatic rings. The van der Waals surface area contributed by atoms with E-state index < -0.39 is 0 Å². The lowest BCUT2D eigenvalue weighted by Crippen LogP contribution is -2.49. The minimum absolute atomic E-state index is 0.149. The van der Waals surface area contributed by atoms with E-state index in [9.17, 15) is 9.18 Å². The minimum atomic E-state index is -0.356. The normalized spacial score (nSPS) is 14.9. The van der Waals surface area contributed by atoms with Crippen molar-refractivity contribution in [1.82, 2.24) is 14.9 Å². The van der Waals surface area contributed by atoms with Gasteiger partial charge in [0.15, 0.2) is 0 Å². The van der Waals surface area contributed by atoms with Gasteiger partial charge in [-0.05, 0) is 24.6 Å². The van der Waals surface area contributed by atoms with Gasteiger partial charge in [-0.2, -0.15) is 0 Å². The van der Waals surface area contributed by atoms with Crippen LogP contribution in [0.4, 0.5) is 10.2 Å². The largest absolute Gasteiger partial charge is 0.353 e. The van der Waals surface area contributed by atoms with Crippen molar-refractivity contribution in [3.8, 4) is 0 Å². The first kappa shape index (κ1) is 15.7. The first-order valence-corrected chi connectivity index (χ1v) is 7.70. The number of hydrogen-bond acceptors (Lipinski definition) is 4. The summed E-state index contributed by atoms with van der Waals surface area (Å²) in [5.74, 6) is 0.243. The van der Waals surface area contributed by atoms with Crippen LogP contribution in [-0.2, 0) is 0 Å². The Morgan fingerprint density at radius 1 is 1.17 bits per heavy atom. The summed E-state index contributed by atoms with van der Waals surface area (Å²) in [6.07, 6.45) is 1.42. The number of halogens is 2. The molecule has 1 aliphatic heterocycles. The van der Waals surface area contributed by atoms with Crippen molar-refractivity contribution in [2.75, 3.05) is 31.1 Å². The minimum Gasteiger partial charge on any atom is -0.353 e. The second-order valence-electron chi connectivity index (χ2n) is 5.44. The van der Waals surface area contributed by atoms with Crippen LogP contribution in [0.2, 0.25) is 5.15 Å². The second-order valence-corrected chi connectivity index (χ2v) is 5.83. The summed E-state index contributed by atoms with van der Waals surface area (Å²) in [5.41, 5.74) is 0.915. The maximum absolute atomic E-state index is 13.6. The van der Waals surface area contributed by atoms with Crippen LogP contribution in [0.25, 0.3) is 0 Å². The third-order valence-corrected chi connectivity index (χ3v) is 4.14. The molecule has 5 nitrogen and oxygen atoms in total. The highest BCUT2D eigenvalue weighted by atomic mass is 35.5. The van der Waals surface area contributed by atoms with Gasteiger partial charge in [0.2, 0.25) is 0 Å². The summed E-state index contributed by atoms with van der Waals surface area (Å²) in [7, 11) is 0. The lowest BCUT2D eigenvalue weighted by molar-refractivity contribution is 0.0746. The van der Waals surface area contributed by atoms with E-state index in [-0.39, 0.29) is 11.7 Å². The number of hydrogen-bond donors (Lipinski definition) is 0. The van der Waals surface area contributed by atoms with Crippen LogP contribution < -0.4 is 4.90 Å². The number of nitrogens with zero attached hydrogens (tertiary/aromatic N) is 4. The summed E-state index contributed by atoms with van der Waals surface area (Å²) in [5, 5.41) is 0.392. The zero-order valence-corrected chi connectivity index (χ0v) is 13.4. The van der Waals surface area contributed by atoms with Crippen LogP contribution in [0, 0.1) is 12.7 Å². The Morgan fingerprint density at radius 2 is 1.91 bits per heavy atom. The molecular formula is C16H16ClFN4O. The molecule has 0 unspecified atom stereocenters. The molecule has 1 saturated heterocycles. The maximum Gasteiger partial charge on any atom is 0.254 e. The van der Waals surface area contributed by atoms with E-state index in [1.807, 2.05) is 4.90 Å². The van der Waals surface area contributed by atoms with E-state index in [1.54, 1.807) is 30.0 Å². The molecule has 1 aromatic carbocycles. The molecule has 1 fully saturated rings. The van der Waals surface area contributed by atoms with Crippen LogP contribution >= 0.6 is 11.6 Å². The van der Waals surface area contributed by atoms with E-state index >= 15 is 0 Å². The molecule has 7 heteroatoms. The first-order valence-electron chi connectivity index (χ1n) is 7.32. The van der Waals surface area contributed by atoms with Gasteiger partial charge < -0.3 is 9.80 Å². The fourth-order valence-electron chi connectivity index (χ4n) is 2.54. The van der Waals surface area contributed by atoms with Crippen molar-refractivity contribution in [2.24, 2.45) is 0 Å². The SMILES string of the molecule is Cc1ccc(C(=O)N2CCN(c3cc(Cl)ncn3)CC2)cc1F. The second kappa shape index (κ2) is 6.50. The van der Waals surface area contributed by atoms with Gasteiger partial charge in [-0.25, -0.2) is 14.4 Å². The Morgan fingerprint density at radius 3 is 2.57 bits per heavy atom. The van der Waals surface area contributed by atoms with Gasteiger partial charge >= 0.3 is 0 Å². The molecule has 0 spiro atoms. The molecule has 120 valence electrons. The Kier molecular flexibility index (Phi) is 4.43. The summed E-state index contributed by atoms with van der Waals surface area (Å²) >= 11 is 5.87. The summed E-state index contributed by atoms with van der Waals surface area (Å²) in [6.45, 7) is 4.07. The number of piperazine rings is 1. The van der Waals surface area contributed by atoms with Crippen molar-refractivity contribution in [2.45, 2.75) is 6.92 Å². The van der Waals surface area contributed by atoms with Crippen molar-refractivity contribution in [3.05, 3.63) is 52.7 Å². The van der Waals surface area contributed by atoms with Gasteiger partial charge in [0.25, 0.3) is 5.91 Å². The average molecular weight is 335 g/mol. The summed E-state index contributed by atoms with van der Waals surface area (Å²) < 4.78 is 13.6. The number of anilines is 1. The van der Waals surface area contributed by atoms with Crippen LogP contribution in [0.5, 0.6) is 0 Å². The predicted molar refractivity (Wildman–Crippen MR) is 86.3 cm³/mol. The van der Waals surface area contributed by atoms with Crippen molar-refractivity contribution in [1.29, 1.82) is 0 Å². The van der Waals surface area contributed by atoms with Gasteiger partial charge in [0.05, 0.1) is 0 Å². The third kappa shape index (κ3) is 3.42. The van der Waals surface area contributed by atoms with E-state index in [0.29, 0.717) is 42.5 Å². The lowest BCUT2D eigenvalue weighted by atomic mass is 10.1. The van der Waals surface area contributed by atoms with Gasteiger partial charge in [0, 0.05) is 37.8 Å². The Labute approximate surface area is 138 Å². The fourth-order valence-corrected chi connectivity index (χ4v) is 2.69. The molecule has 3 rings (SSSR count). The predicted octanol–water partition coefficient (Wildman–Crippen LogP) is 2.54. The van der Waals surface area contributed by atoms with Crippen molar-refractivity contribution < 1.29 is 9.18 Å². The van der Waals surface area contributed by atoms with E-state index in [0.717, 1.165) is 5.82 Å². The standard InChI is InChI=1S/C16H16ClFN4O/c1-11-2-3-12(8-13(11)18)16(23)22-6-4-21(5-7-22)15-9-14(17)19-10-20-15/h2-3,8-10H,4-7H2,1H3. The highest BCUT2D eigenvalue weighted by Crippen LogP contribution is 2.18. The summed E-state index contributed by atoms with van der Waals surface area (Å²) in [6, 6.07) is 6.29. The number of benzene rings is 1. The van der Waals surface area contributed by atoms with E-state index in [2.05, 4.69) is 9.97 Å². The molecular weight excluding hydrogens is 319 g/mol. The zero-order chi connectivity index (χ0) is 16.4. The number of aromatic nitrogens is 2. The molecule has 0 saturated carbocycles. The number of aryl methyl sites for hydroxylation is 1. The zero-order valence-electron chi connectivity index (χ0n) is 12.7. The molecule has 0 N–H and O–H groups in total. The molecule has 1 aromatic heterocycles. The van der Waals surface area contributed by atoms with Crippen molar-refractivity contribution in [3.63, 3.8) is 0 Å². The number of amides is 1. The first-order chi connectivity index (χ1) is 11.0. The van der Waals surface area contributed by atoms with E-state index in [1.165, 1.54) is 12.4 Å². The van der Waals surface area contributed by atoms with Crippen LogP contribution in [0.15, 0.2) is 30.6 Å². The number of carbonyl (C=O) groups excluding carboxylic acids is 1. The Bertz CT molecular complexity index is 732. The lowest BCUT2D eigenvalue weighted by Gasteiger charge is -2.35. The molecule has 23 heavy (non-hydrogen) atoms. The summed E-state index contributed by atoms with van der Waals surface area (Å²) in [4.78, 5) is 24.3. The highest BCUT2D eigenvalue weighted by Gasteiger charge is 2.23. The van der Waals surface area contributed by atoms with Crippen LogP contribution in [0.1, 0.15) is 15.9 Å².